The highest BCUT2D eigenvalue weighted by molar-refractivity contribution is 9.10. The molecule has 0 bridgehead atoms. The van der Waals surface area contributed by atoms with Crippen LogP contribution in [-0.2, 0) is 0 Å². The molecule has 1 aromatic carbocycles. The summed E-state index contributed by atoms with van der Waals surface area (Å²) in [4.78, 5) is 13.8. The normalized spacial score (nSPS) is 18.7. The van der Waals surface area contributed by atoms with Crippen molar-refractivity contribution in [3.8, 4) is 0 Å². The Morgan fingerprint density at radius 3 is 2.89 bits per heavy atom. The maximum atomic E-state index is 12.0. The van der Waals surface area contributed by atoms with Crippen LogP contribution in [0.25, 0.3) is 0 Å². The molecule has 1 fully saturated rings. The maximum absolute atomic E-state index is 12.0. The minimum Gasteiger partial charge on any atom is -0.326 e. The van der Waals surface area contributed by atoms with E-state index in [4.69, 9.17) is 17.3 Å². The van der Waals surface area contributed by atoms with E-state index in [1.807, 2.05) is 6.07 Å². The van der Waals surface area contributed by atoms with E-state index in [0.29, 0.717) is 17.3 Å². The van der Waals surface area contributed by atoms with E-state index in [9.17, 15) is 4.79 Å². The predicted octanol–water partition coefficient (Wildman–Crippen LogP) is 3.48. The van der Waals surface area contributed by atoms with Crippen LogP contribution in [0.2, 0.25) is 5.02 Å². The van der Waals surface area contributed by atoms with Crippen molar-refractivity contribution in [2.75, 3.05) is 18.4 Å². The Labute approximate surface area is 132 Å². The molecule has 0 saturated carbocycles. The van der Waals surface area contributed by atoms with Gasteiger partial charge in [-0.25, -0.2) is 4.79 Å². The molecule has 1 aliphatic heterocycles. The average molecular weight is 369 g/mol. The number of halogens is 3. The minimum atomic E-state index is -0.144. The first kappa shape index (κ1) is 16.6. The van der Waals surface area contributed by atoms with E-state index in [0.717, 1.165) is 23.9 Å². The zero-order chi connectivity index (χ0) is 13.1. The van der Waals surface area contributed by atoms with E-state index in [2.05, 4.69) is 21.2 Å². The molecular weight excluding hydrogens is 353 g/mol. The Kier molecular flexibility index (Phi) is 6.39. The SMILES string of the molecule is Cl.N[C@H]1CCCN(C(=O)Nc2ccc(Br)cc2Cl)C1. The van der Waals surface area contributed by atoms with Gasteiger partial charge in [0.2, 0.25) is 0 Å². The number of carbonyl (C=O) groups excluding carboxylic acids is 1. The second-order valence-corrected chi connectivity index (χ2v) is 5.73. The Hall–Kier alpha value is -0.490. The monoisotopic (exact) mass is 367 g/mol. The number of hydrogen-bond acceptors (Lipinski definition) is 2. The standard InChI is InChI=1S/C12H15BrClN3O.ClH/c13-8-3-4-11(10(14)6-8)16-12(18)17-5-1-2-9(15)7-17;/h3-4,6,9H,1-2,5,7,15H2,(H,16,18);1H/t9-;/m0./s1. The van der Waals surface area contributed by atoms with Crippen LogP contribution < -0.4 is 11.1 Å². The summed E-state index contributed by atoms with van der Waals surface area (Å²) in [6.07, 6.45) is 1.92. The van der Waals surface area contributed by atoms with Gasteiger partial charge in [-0.05, 0) is 31.0 Å². The van der Waals surface area contributed by atoms with Crippen LogP contribution in [0.1, 0.15) is 12.8 Å². The molecule has 4 nitrogen and oxygen atoms in total. The van der Waals surface area contributed by atoms with Crippen LogP contribution in [-0.4, -0.2) is 30.1 Å². The van der Waals surface area contributed by atoms with Gasteiger partial charge in [-0.2, -0.15) is 0 Å². The van der Waals surface area contributed by atoms with Gasteiger partial charge in [-0.1, -0.05) is 27.5 Å². The van der Waals surface area contributed by atoms with Gasteiger partial charge in [0.15, 0.2) is 0 Å². The van der Waals surface area contributed by atoms with Crippen LogP contribution >= 0.6 is 39.9 Å². The summed E-state index contributed by atoms with van der Waals surface area (Å²) in [7, 11) is 0. The van der Waals surface area contributed by atoms with E-state index >= 15 is 0 Å². The molecule has 0 unspecified atom stereocenters. The lowest BCUT2D eigenvalue weighted by Gasteiger charge is -2.30. The number of piperidine rings is 1. The van der Waals surface area contributed by atoms with E-state index < -0.39 is 0 Å². The molecule has 19 heavy (non-hydrogen) atoms. The van der Waals surface area contributed by atoms with Crippen molar-refractivity contribution in [3.63, 3.8) is 0 Å². The number of anilines is 1. The highest BCUT2D eigenvalue weighted by Gasteiger charge is 2.21. The van der Waals surface area contributed by atoms with Gasteiger partial charge in [0.05, 0.1) is 10.7 Å². The van der Waals surface area contributed by atoms with Crippen LogP contribution in [0.3, 0.4) is 0 Å². The van der Waals surface area contributed by atoms with E-state index in [-0.39, 0.29) is 24.5 Å². The van der Waals surface area contributed by atoms with E-state index in [1.165, 1.54) is 0 Å². The summed E-state index contributed by atoms with van der Waals surface area (Å²) in [5, 5.41) is 3.32. The van der Waals surface area contributed by atoms with Crippen molar-refractivity contribution in [2.45, 2.75) is 18.9 Å². The predicted molar refractivity (Wildman–Crippen MR) is 84.2 cm³/mol. The van der Waals surface area contributed by atoms with E-state index in [1.54, 1.807) is 17.0 Å². The molecule has 1 aromatic rings. The summed E-state index contributed by atoms with van der Waals surface area (Å²) in [5.41, 5.74) is 6.47. The summed E-state index contributed by atoms with van der Waals surface area (Å²) in [6.45, 7) is 1.34. The third-order valence-electron chi connectivity index (χ3n) is 2.92. The van der Waals surface area contributed by atoms with Crippen molar-refractivity contribution in [3.05, 3.63) is 27.7 Å². The van der Waals surface area contributed by atoms with Crippen molar-refractivity contribution >= 4 is 51.7 Å². The third kappa shape index (κ3) is 4.53. The molecule has 1 saturated heterocycles. The fourth-order valence-electron chi connectivity index (χ4n) is 1.98. The molecule has 0 radical (unpaired) electrons. The molecule has 1 heterocycles. The minimum absolute atomic E-state index is 0. The maximum Gasteiger partial charge on any atom is 0.321 e. The fraction of sp³-hybridized carbons (Fsp3) is 0.417. The van der Waals surface area contributed by atoms with Gasteiger partial charge in [0, 0.05) is 23.6 Å². The highest BCUT2D eigenvalue weighted by Crippen LogP contribution is 2.26. The first-order valence-electron chi connectivity index (χ1n) is 5.83. The molecule has 2 amide bonds. The fourth-order valence-corrected chi connectivity index (χ4v) is 2.70. The summed E-state index contributed by atoms with van der Waals surface area (Å²) < 4.78 is 0.880. The van der Waals surface area contributed by atoms with Gasteiger partial charge in [-0.15, -0.1) is 12.4 Å². The van der Waals surface area contributed by atoms with Crippen molar-refractivity contribution in [2.24, 2.45) is 5.73 Å². The number of benzene rings is 1. The molecule has 106 valence electrons. The number of nitrogens with two attached hydrogens (primary N) is 1. The Balaban J connectivity index is 0.00000180. The highest BCUT2D eigenvalue weighted by atomic mass is 79.9. The molecule has 2 rings (SSSR count). The number of nitrogens with zero attached hydrogens (tertiary/aromatic N) is 1. The lowest BCUT2D eigenvalue weighted by atomic mass is 10.1. The van der Waals surface area contributed by atoms with Gasteiger partial charge in [0.25, 0.3) is 0 Å². The third-order valence-corrected chi connectivity index (χ3v) is 3.72. The Morgan fingerprint density at radius 2 is 2.26 bits per heavy atom. The van der Waals surface area contributed by atoms with Crippen molar-refractivity contribution in [1.82, 2.24) is 4.90 Å². The second-order valence-electron chi connectivity index (χ2n) is 4.40. The number of carbonyl (C=O) groups is 1. The number of rotatable bonds is 1. The largest absolute Gasteiger partial charge is 0.326 e. The number of likely N-dealkylation sites (tertiary alicyclic amines) is 1. The summed E-state index contributed by atoms with van der Waals surface area (Å²) >= 11 is 9.38. The average Bonchev–Trinajstić information content (AvgIpc) is 2.32. The Morgan fingerprint density at radius 1 is 1.53 bits per heavy atom. The van der Waals surface area contributed by atoms with Crippen molar-refractivity contribution < 1.29 is 4.79 Å². The van der Waals surface area contributed by atoms with Gasteiger partial charge in [0.1, 0.15) is 0 Å². The second kappa shape index (κ2) is 7.33. The molecule has 0 aromatic heterocycles. The molecule has 7 heteroatoms. The van der Waals surface area contributed by atoms with Crippen LogP contribution in [0.15, 0.2) is 22.7 Å². The zero-order valence-corrected chi connectivity index (χ0v) is 13.4. The van der Waals surface area contributed by atoms with Gasteiger partial charge in [-0.3, -0.25) is 0 Å². The van der Waals surface area contributed by atoms with Crippen molar-refractivity contribution in [1.29, 1.82) is 0 Å². The summed E-state index contributed by atoms with van der Waals surface area (Å²) in [6, 6.07) is 5.29. The topological polar surface area (TPSA) is 58.4 Å². The smallest absolute Gasteiger partial charge is 0.321 e. The number of hydrogen-bond donors (Lipinski definition) is 2. The summed E-state index contributed by atoms with van der Waals surface area (Å²) in [5.74, 6) is 0. The number of urea groups is 1. The molecular formula is C12H16BrCl2N3O. The first-order valence-corrected chi connectivity index (χ1v) is 7.00. The molecule has 1 atom stereocenters. The molecule has 3 N–H and O–H groups in total. The van der Waals surface area contributed by atoms with Crippen LogP contribution in [0, 0.1) is 0 Å². The lowest BCUT2D eigenvalue weighted by Crippen LogP contribution is -2.47. The number of nitrogens with one attached hydrogen (secondary N) is 1. The first-order chi connectivity index (χ1) is 8.56. The van der Waals surface area contributed by atoms with Crippen LogP contribution in [0.5, 0.6) is 0 Å². The molecule has 0 spiro atoms. The lowest BCUT2D eigenvalue weighted by molar-refractivity contribution is 0.193. The van der Waals surface area contributed by atoms with Gasteiger partial charge < -0.3 is 16.0 Å². The molecule has 0 aliphatic carbocycles. The zero-order valence-electron chi connectivity index (χ0n) is 10.2. The number of amides is 2. The molecule has 1 aliphatic rings. The quantitative estimate of drug-likeness (QED) is 0.797. The van der Waals surface area contributed by atoms with Gasteiger partial charge >= 0.3 is 6.03 Å². The van der Waals surface area contributed by atoms with Crippen LogP contribution in [0.4, 0.5) is 10.5 Å². The Bertz CT molecular complexity index is 459.